The molecule has 0 saturated heterocycles. The van der Waals surface area contributed by atoms with Gasteiger partial charge in [0.25, 0.3) is 0 Å². The standard InChI is InChI=1S/C83H162O17P2/c1-73(2)59-51-43-35-29-23-18-14-11-9-10-12-16-20-26-33-39-49-57-66-83(88)100-79(70-94-81(86)64-56-48-42-41-46-54-62-76(7)8)72-98-102(91,92)96-68-77(84)67-95-101(89,90)97-71-78(69-93-80(85)63-55-47-38-32-28-22-25-31-37-45-53-61-75(5)6)99-82(87)65-58-50-40-34-27-21-17-13-15-19-24-30-36-44-52-60-74(3)4/h73-79,84H,9-72H2,1-8H3,(H,89,90)(H,91,92)/t77?,78-,79-/m1/s1. The molecule has 0 aliphatic heterocycles. The van der Waals surface area contributed by atoms with E-state index in [1.54, 1.807) is 0 Å². The molecule has 0 radical (unpaired) electrons. The highest BCUT2D eigenvalue weighted by atomic mass is 31.2. The number of aliphatic hydroxyl groups is 1. The molecule has 0 aromatic carbocycles. The SMILES string of the molecule is CC(C)CCCCCCCCCCCCCCCCCCCCC(=O)O[C@H](COC(=O)CCCCCCCCC(C)C)COP(=O)(O)OCC(O)COP(=O)(O)OC[C@@H](COC(=O)CCCCCCCCCCCCCC(C)C)OC(=O)CCCCCCCCCCCCCCCCCC(C)C. The number of esters is 4. The third kappa shape index (κ3) is 76.3. The fourth-order valence-electron chi connectivity index (χ4n) is 12.8. The fraction of sp³-hybridized carbons (Fsp3) is 0.952. The summed E-state index contributed by atoms with van der Waals surface area (Å²) in [4.78, 5) is 73.0. The summed E-state index contributed by atoms with van der Waals surface area (Å²) in [5.41, 5.74) is 0. The Bertz CT molecular complexity index is 1990. The lowest BCUT2D eigenvalue weighted by Gasteiger charge is -2.21. The highest BCUT2D eigenvalue weighted by Crippen LogP contribution is 2.45. The van der Waals surface area contributed by atoms with E-state index in [9.17, 15) is 43.2 Å². The van der Waals surface area contributed by atoms with Crippen molar-refractivity contribution in [3.05, 3.63) is 0 Å². The number of hydrogen-bond donors (Lipinski definition) is 3. The van der Waals surface area contributed by atoms with Crippen LogP contribution < -0.4 is 0 Å². The third-order valence-electron chi connectivity index (χ3n) is 19.3. The first-order chi connectivity index (χ1) is 49.1. The lowest BCUT2D eigenvalue weighted by Crippen LogP contribution is -2.30. The van der Waals surface area contributed by atoms with Gasteiger partial charge in [-0.05, 0) is 49.4 Å². The largest absolute Gasteiger partial charge is 0.472 e. The number of rotatable bonds is 80. The number of unbranched alkanes of at least 4 members (excludes halogenated alkanes) is 46. The minimum Gasteiger partial charge on any atom is -0.462 e. The maximum atomic E-state index is 13.1. The number of ether oxygens (including phenoxy) is 4. The fourth-order valence-corrected chi connectivity index (χ4v) is 14.4. The molecule has 0 heterocycles. The molecule has 0 saturated carbocycles. The number of aliphatic hydroxyl groups excluding tert-OH is 1. The van der Waals surface area contributed by atoms with Crippen molar-refractivity contribution in [2.45, 2.75) is 446 Å². The summed E-state index contributed by atoms with van der Waals surface area (Å²) in [6.45, 7) is 14.2. The average molecular weight is 1490 g/mol. The molecule has 0 amide bonds. The van der Waals surface area contributed by atoms with E-state index < -0.39 is 97.5 Å². The topological polar surface area (TPSA) is 237 Å². The predicted octanol–water partition coefficient (Wildman–Crippen LogP) is 24.8. The van der Waals surface area contributed by atoms with Gasteiger partial charge in [0.05, 0.1) is 26.4 Å². The zero-order valence-electron chi connectivity index (χ0n) is 67.2. The van der Waals surface area contributed by atoms with Crippen molar-refractivity contribution < 1.29 is 80.2 Å². The maximum absolute atomic E-state index is 13.1. The van der Waals surface area contributed by atoms with Crippen LogP contribution in [-0.2, 0) is 65.4 Å². The van der Waals surface area contributed by atoms with Crippen LogP contribution in [0.5, 0.6) is 0 Å². The molecule has 0 aromatic heterocycles. The Morgan fingerprint density at radius 1 is 0.245 bits per heavy atom. The number of phosphoric acid groups is 2. The van der Waals surface area contributed by atoms with Gasteiger partial charge in [0.2, 0.25) is 0 Å². The monoisotopic (exact) mass is 1490 g/mol. The van der Waals surface area contributed by atoms with Gasteiger partial charge in [-0.15, -0.1) is 0 Å². The normalized spacial score (nSPS) is 14.0. The highest BCUT2D eigenvalue weighted by Gasteiger charge is 2.30. The van der Waals surface area contributed by atoms with E-state index in [4.69, 9.17) is 37.0 Å². The van der Waals surface area contributed by atoms with E-state index >= 15 is 0 Å². The van der Waals surface area contributed by atoms with Crippen molar-refractivity contribution in [3.63, 3.8) is 0 Å². The van der Waals surface area contributed by atoms with Crippen LogP contribution >= 0.6 is 15.6 Å². The summed E-state index contributed by atoms with van der Waals surface area (Å²) >= 11 is 0. The molecule has 0 bridgehead atoms. The van der Waals surface area contributed by atoms with Crippen LogP contribution in [0.4, 0.5) is 0 Å². The Hall–Kier alpha value is -1.94. The zero-order chi connectivity index (χ0) is 75.3. The number of phosphoric ester groups is 2. The van der Waals surface area contributed by atoms with Crippen molar-refractivity contribution in [2.75, 3.05) is 39.6 Å². The number of carbonyl (C=O) groups excluding carboxylic acids is 4. The van der Waals surface area contributed by atoms with Crippen LogP contribution in [0.15, 0.2) is 0 Å². The second kappa shape index (κ2) is 72.0. The van der Waals surface area contributed by atoms with Gasteiger partial charge >= 0.3 is 39.5 Å². The Labute approximate surface area is 626 Å². The number of hydrogen-bond acceptors (Lipinski definition) is 15. The first-order valence-electron chi connectivity index (χ1n) is 42.7. The van der Waals surface area contributed by atoms with Gasteiger partial charge in [-0.3, -0.25) is 37.3 Å². The van der Waals surface area contributed by atoms with E-state index in [2.05, 4.69) is 55.4 Å². The maximum Gasteiger partial charge on any atom is 0.472 e. The molecule has 0 fully saturated rings. The predicted molar refractivity (Wildman–Crippen MR) is 418 cm³/mol. The van der Waals surface area contributed by atoms with E-state index in [1.807, 2.05) is 0 Å². The van der Waals surface area contributed by atoms with Crippen LogP contribution in [0.25, 0.3) is 0 Å². The minimum atomic E-state index is -4.96. The van der Waals surface area contributed by atoms with E-state index in [1.165, 1.54) is 225 Å². The van der Waals surface area contributed by atoms with Gasteiger partial charge in [0.1, 0.15) is 19.3 Å². The van der Waals surface area contributed by atoms with Crippen molar-refractivity contribution in [1.82, 2.24) is 0 Å². The van der Waals surface area contributed by atoms with Gasteiger partial charge in [-0.25, -0.2) is 9.13 Å². The lowest BCUT2D eigenvalue weighted by molar-refractivity contribution is -0.161. The molecule has 606 valence electrons. The molecule has 0 aromatic rings. The van der Waals surface area contributed by atoms with E-state index in [0.717, 1.165) is 114 Å². The van der Waals surface area contributed by atoms with Crippen LogP contribution in [0, 0.1) is 23.7 Å². The Kier molecular flexibility index (Phi) is 70.6. The third-order valence-corrected chi connectivity index (χ3v) is 21.2. The number of carbonyl (C=O) groups is 4. The molecule has 0 spiro atoms. The Morgan fingerprint density at radius 3 is 0.608 bits per heavy atom. The van der Waals surface area contributed by atoms with Crippen LogP contribution in [-0.4, -0.2) is 96.7 Å². The Morgan fingerprint density at radius 2 is 0.412 bits per heavy atom. The van der Waals surface area contributed by atoms with Crippen molar-refractivity contribution in [1.29, 1.82) is 0 Å². The molecule has 0 aliphatic rings. The van der Waals surface area contributed by atoms with Gasteiger partial charge in [-0.1, -0.05) is 376 Å². The molecule has 5 atom stereocenters. The molecule has 17 nitrogen and oxygen atoms in total. The molecule has 102 heavy (non-hydrogen) atoms. The van der Waals surface area contributed by atoms with Gasteiger partial charge in [-0.2, -0.15) is 0 Å². The van der Waals surface area contributed by atoms with Crippen molar-refractivity contribution >= 4 is 39.5 Å². The van der Waals surface area contributed by atoms with Crippen molar-refractivity contribution in [3.8, 4) is 0 Å². The van der Waals surface area contributed by atoms with Gasteiger partial charge in [0, 0.05) is 25.7 Å². The second-order valence-corrected chi connectivity index (χ2v) is 34.7. The summed E-state index contributed by atoms with van der Waals surface area (Å²) in [7, 11) is -9.92. The van der Waals surface area contributed by atoms with Gasteiger partial charge < -0.3 is 33.8 Å². The summed E-state index contributed by atoms with van der Waals surface area (Å²) in [6, 6.07) is 0. The van der Waals surface area contributed by atoms with E-state index in [-0.39, 0.29) is 25.7 Å². The molecule has 0 aliphatic carbocycles. The summed E-state index contributed by atoms with van der Waals surface area (Å²) in [5.74, 6) is 0.960. The summed E-state index contributed by atoms with van der Waals surface area (Å²) in [5, 5.41) is 10.6. The van der Waals surface area contributed by atoms with Crippen LogP contribution in [0.1, 0.15) is 428 Å². The smallest absolute Gasteiger partial charge is 0.462 e. The molecule has 19 heteroatoms. The second-order valence-electron chi connectivity index (χ2n) is 31.8. The molecule has 3 unspecified atom stereocenters. The first kappa shape index (κ1) is 100. The van der Waals surface area contributed by atoms with Gasteiger partial charge in [0.15, 0.2) is 12.2 Å². The highest BCUT2D eigenvalue weighted by molar-refractivity contribution is 7.47. The molecule has 3 N–H and O–H groups in total. The Balaban J connectivity index is 5.19. The summed E-state index contributed by atoms with van der Waals surface area (Å²) in [6.07, 6.45) is 59.9. The molecule has 0 rings (SSSR count). The zero-order valence-corrected chi connectivity index (χ0v) is 69.0. The average Bonchev–Trinajstić information content (AvgIpc) is 0.924. The van der Waals surface area contributed by atoms with Crippen LogP contribution in [0.2, 0.25) is 0 Å². The minimum absolute atomic E-state index is 0.107. The van der Waals surface area contributed by atoms with Crippen molar-refractivity contribution in [2.24, 2.45) is 23.7 Å². The lowest BCUT2D eigenvalue weighted by atomic mass is 10.0. The molecular formula is C83H162O17P2. The molecular weight excluding hydrogens is 1330 g/mol. The quantitative estimate of drug-likeness (QED) is 0.0222. The summed E-state index contributed by atoms with van der Waals surface area (Å²) < 4.78 is 68.7. The van der Waals surface area contributed by atoms with Crippen LogP contribution in [0.3, 0.4) is 0 Å². The first-order valence-corrected chi connectivity index (χ1v) is 45.7. The van der Waals surface area contributed by atoms with E-state index in [0.29, 0.717) is 31.6 Å².